The molecule has 1 aliphatic heterocycles. The predicted molar refractivity (Wildman–Crippen MR) is 96.1 cm³/mol. The lowest BCUT2D eigenvalue weighted by atomic mass is 9.93. The van der Waals surface area contributed by atoms with Crippen LogP contribution in [0.15, 0.2) is 40.7 Å². The van der Waals surface area contributed by atoms with E-state index in [4.69, 9.17) is 0 Å². The second kappa shape index (κ2) is 6.60. The highest BCUT2D eigenvalue weighted by molar-refractivity contribution is 6.25. The molecule has 2 amide bonds. The lowest BCUT2D eigenvalue weighted by Crippen LogP contribution is -2.43. The van der Waals surface area contributed by atoms with E-state index in [1.54, 1.807) is 31.2 Å². The molecule has 0 atom stereocenters. The van der Waals surface area contributed by atoms with Crippen molar-refractivity contribution in [3.8, 4) is 0 Å². The van der Waals surface area contributed by atoms with Crippen LogP contribution in [0.5, 0.6) is 0 Å². The van der Waals surface area contributed by atoms with Crippen LogP contribution in [0.3, 0.4) is 0 Å². The molecule has 1 aliphatic rings. The number of carbonyl (C=O) groups is 2. The molecule has 0 aliphatic carbocycles. The quantitative estimate of drug-likeness (QED) is 0.477. The van der Waals surface area contributed by atoms with Crippen LogP contribution in [0.2, 0.25) is 0 Å². The first-order valence-electron chi connectivity index (χ1n) is 8.05. The first kappa shape index (κ1) is 17.0. The molecule has 25 heavy (non-hydrogen) atoms. The maximum absolute atomic E-state index is 12.9. The van der Waals surface area contributed by atoms with Gasteiger partial charge in [-0.1, -0.05) is 17.4 Å². The number of nitrogens with zero attached hydrogens (tertiary/aromatic N) is 5. The number of imide groups is 1. The third-order valence-corrected chi connectivity index (χ3v) is 4.02. The van der Waals surface area contributed by atoms with E-state index in [-0.39, 0.29) is 11.8 Å². The largest absolute Gasteiger partial charge is 0.308 e. The third-order valence-electron chi connectivity index (χ3n) is 4.02. The number of benzene rings is 2. The maximum Gasteiger partial charge on any atom is 0.261 e. The van der Waals surface area contributed by atoms with Crippen LogP contribution in [0.25, 0.3) is 10.8 Å². The summed E-state index contributed by atoms with van der Waals surface area (Å²) < 4.78 is 0. The molecule has 2 aromatic rings. The minimum Gasteiger partial charge on any atom is -0.308 e. The molecule has 0 aromatic heterocycles. The molecule has 0 saturated heterocycles. The van der Waals surface area contributed by atoms with E-state index in [1.807, 2.05) is 37.2 Å². The molecule has 130 valence electrons. The summed E-state index contributed by atoms with van der Waals surface area (Å²) >= 11 is 0. The van der Waals surface area contributed by atoms with Gasteiger partial charge in [0.05, 0.1) is 11.3 Å². The van der Waals surface area contributed by atoms with Crippen LogP contribution >= 0.6 is 0 Å². The number of carbonyl (C=O) groups excluding carboxylic acids is 2. The molecule has 0 unspecified atom stereocenters. The Morgan fingerprint density at radius 3 is 2.40 bits per heavy atom. The molecule has 1 heterocycles. The van der Waals surface area contributed by atoms with Gasteiger partial charge in [0.25, 0.3) is 11.8 Å². The van der Waals surface area contributed by atoms with Crippen molar-refractivity contribution in [3.05, 3.63) is 41.5 Å². The lowest BCUT2D eigenvalue weighted by Gasteiger charge is -2.28. The van der Waals surface area contributed by atoms with Gasteiger partial charge < -0.3 is 4.90 Å². The van der Waals surface area contributed by atoms with Gasteiger partial charge in [0.1, 0.15) is 0 Å². The van der Waals surface area contributed by atoms with Crippen molar-refractivity contribution in [1.29, 1.82) is 0 Å². The summed E-state index contributed by atoms with van der Waals surface area (Å²) in [6, 6.07) is 9.02. The first-order valence-corrected chi connectivity index (χ1v) is 8.05. The van der Waals surface area contributed by atoms with Crippen molar-refractivity contribution in [2.75, 3.05) is 41.3 Å². The molecule has 0 bridgehead atoms. The summed E-state index contributed by atoms with van der Waals surface area (Å²) in [5.74, 6) is -0.523. The third kappa shape index (κ3) is 3.23. The highest BCUT2D eigenvalue weighted by Gasteiger charge is 2.32. The van der Waals surface area contributed by atoms with Crippen LogP contribution in [0.1, 0.15) is 20.7 Å². The van der Waals surface area contributed by atoms with Gasteiger partial charge in [0, 0.05) is 38.1 Å². The summed E-state index contributed by atoms with van der Waals surface area (Å²) in [6.45, 7) is 0.965. The van der Waals surface area contributed by atoms with Gasteiger partial charge in [0.2, 0.25) is 0 Å². The molecular weight excluding hydrogens is 318 g/mol. The van der Waals surface area contributed by atoms with Crippen molar-refractivity contribution >= 4 is 28.3 Å². The smallest absolute Gasteiger partial charge is 0.261 e. The fourth-order valence-electron chi connectivity index (χ4n) is 2.84. The summed E-state index contributed by atoms with van der Waals surface area (Å²) in [5.41, 5.74) is 1.64. The SMILES string of the molecule is CN(C)CCN1C(=O)c2cccc3cc(N=NN(C)C)cc(c23)C1=O. The van der Waals surface area contributed by atoms with E-state index in [0.29, 0.717) is 35.3 Å². The van der Waals surface area contributed by atoms with E-state index >= 15 is 0 Å². The van der Waals surface area contributed by atoms with Crippen LogP contribution in [0, 0.1) is 0 Å². The second-order valence-electron chi connectivity index (χ2n) is 6.50. The number of amides is 2. The van der Waals surface area contributed by atoms with Crippen molar-refractivity contribution in [2.45, 2.75) is 0 Å². The van der Waals surface area contributed by atoms with Gasteiger partial charge in [-0.05, 0) is 37.7 Å². The van der Waals surface area contributed by atoms with Gasteiger partial charge >= 0.3 is 0 Å². The zero-order valence-electron chi connectivity index (χ0n) is 14.9. The normalized spacial score (nSPS) is 14.2. The van der Waals surface area contributed by atoms with Crippen LogP contribution in [0.4, 0.5) is 5.69 Å². The van der Waals surface area contributed by atoms with Crippen molar-refractivity contribution in [2.24, 2.45) is 10.3 Å². The molecule has 3 rings (SSSR count). The van der Waals surface area contributed by atoms with E-state index in [0.717, 1.165) is 5.39 Å². The van der Waals surface area contributed by atoms with Gasteiger partial charge in [-0.25, -0.2) is 0 Å². The number of likely N-dealkylation sites (N-methyl/N-ethyl adjacent to an activating group) is 1. The van der Waals surface area contributed by atoms with Crippen LogP contribution in [-0.2, 0) is 0 Å². The monoisotopic (exact) mass is 339 g/mol. The van der Waals surface area contributed by atoms with Crippen molar-refractivity contribution in [3.63, 3.8) is 0 Å². The van der Waals surface area contributed by atoms with Crippen molar-refractivity contribution in [1.82, 2.24) is 14.8 Å². The molecular formula is C18H21N5O2. The van der Waals surface area contributed by atoms with E-state index in [9.17, 15) is 9.59 Å². The molecule has 0 spiro atoms. The zero-order chi connectivity index (χ0) is 18.1. The topological polar surface area (TPSA) is 68.6 Å². The average Bonchev–Trinajstić information content (AvgIpc) is 2.57. The van der Waals surface area contributed by atoms with E-state index in [1.165, 1.54) is 4.90 Å². The fourth-order valence-corrected chi connectivity index (χ4v) is 2.84. The molecule has 0 N–H and O–H groups in total. The molecule has 2 aromatic carbocycles. The summed E-state index contributed by atoms with van der Waals surface area (Å²) in [5, 5.41) is 11.3. The summed E-state index contributed by atoms with van der Waals surface area (Å²) in [7, 11) is 7.37. The number of hydrogen-bond donors (Lipinski definition) is 0. The highest BCUT2D eigenvalue weighted by atomic mass is 16.2. The van der Waals surface area contributed by atoms with Crippen molar-refractivity contribution < 1.29 is 9.59 Å². The zero-order valence-corrected chi connectivity index (χ0v) is 14.9. The van der Waals surface area contributed by atoms with Gasteiger partial charge in [-0.15, -0.1) is 5.11 Å². The fraction of sp³-hybridized carbons (Fsp3) is 0.333. The molecule has 7 heteroatoms. The predicted octanol–water partition coefficient (Wildman–Crippen LogP) is 2.56. The summed E-state index contributed by atoms with van der Waals surface area (Å²) in [6.07, 6.45) is 0. The Kier molecular flexibility index (Phi) is 4.50. The van der Waals surface area contributed by atoms with Gasteiger partial charge in [-0.2, -0.15) is 0 Å². The van der Waals surface area contributed by atoms with E-state index in [2.05, 4.69) is 10.3 Å². The van der Waals surface area contributed by atoms with Gasteiger partial charge in [0.15, 0.2) is 0 Å². The molecule has 0 saturated carbocycles. The first-order chi connectivity index (χ1) is 11.9. The number of hydrogen-bond acceptors (Lipinski definition) is 5. The summed E-state index contributed by atoms with van der Waals surface area (Å²) in [4.78, 5) is 28.9. The molecule has 0 fully saturated rings. The Hall–Kier alpha value is -2.80. The van der Waals surface area contributed by atoms with Gasteiger partial charge in [-0.3, -0.25) is 19.5 Å². The highest BCUT2D eigenvalue weighted by Crippen LogP contribution is 2.33. The Morgan fingerprint density at radius 2 is 1.72 bits per heavy atom. The number of rotatable bonds is 5. The molecule has 7 nitrogen and oxygen atoms in total. The van der Waals surface area contributed by atoms with E-state index < -0.39 is 0 Å². The minimum absolute atomic E-state index is 0.243. The standard InChI is InChI=1S/C18H21N5O2/c1-21(2)8-9-23-17(24)14-7-5-6-12-10-13(19-20-22(3)4)11-15(16(12)14)18(23)25/h5-7,10-11H,8-9H2,1-4H3. The second-order valence-corrected chi connectivity index (χ2v) is 6.50. The maximum atomic E-state index is 12.9. The minimum atomic E-state index is -0.280. The Morgan fingerprint density at radius 1 is 1.00 bits per heavy atom. The Balaban J connectivity index is 2.12. The molecule has 0 radical (unpaired) electrons. The van der Waals surface area contributed by atoms with Crippen LogP contribution < -0.4 is 0 Å². The average molecular weight is 339 g/mol. The lowest BCUT2D eigenvalue weighted by molar-refractivity contribution is 0.0601. The Bertz CT molecular complexity index is 873. The Labute approximate surface area is 146 Å². The van der Waals surface area contributed by atoms with Crippen LogP contribution in [-0.4, -0.2) is 67.9 Å².